The Bertz CT molecular complexity index is 970. The van der Waals surface area contributed by atoms with E-state index in [1.54, 1.807) is 19.9 Å². The van der Waals surface area contributed by atoms with Crippen molar-refractivity contribution >= 4 is 21.6 Å². The SMILES string of the molecule is Cc1cc(C(=O)OCC(=O)c2cc(C)n(C3CCS(=O)(=O)C3)c2C)on1. The van der Waals surface area contributed by atoms with Crippen LogP contribution in [0.2, 0.25) is 0 Å². The van der Waals surface area contributed by atoms with E-state index in [9.17, 15) is 18.0 Å². The maximum atomic E-state index is 12.5. The van der Waals surface area contributed by atoms with E-state index in [1.165, 1.54) is 6.07 Å². The van der Waals surface area contributed by atoms with Crippen LogP contribution in [0, 0.1) is 20.8 Å². The molecule has 140 valence electrons. The molecule has 0 spiro atoms. The normalized spacial score (nSPS) is 18.8. The third-order valence-corrected chi connectivity index (χ3v) is 6.27. The van der Waals surface area contributed by atoms with Gasteiger partial charge in [0.25, 0.3) is 0 Å². The van der Waals surface area contributed by atoms with Gasteiger partial charge in [0.05, 0.1) is 17.2 Å². The van der Waals surface area contributed by atoms with Gasteiger partial charge in [-0.05, 0) is 33.3 Å². The van der Waals surface area contributed by atoms with Crippen LogP contribution in [-0.2, 0) is 14.6 Å². The molecule has 8 nitrogen and oxygen atoms in total. The van der Waals surface area contributed by atoms with Gasteiger partial charge in [-0.2, -0.15) is 0 Å². The first kappa shape index (κ1) is 18.4. The Labute approximate surface area is 151 Å². The van der Waals surface area contributed by atoms with Crippen molar-refractivity contribution in [2.24, 2.45) is 0 Å². The van der Waals surface area contributed by atoms with E-state index in [2.05, 4.69) is 5.16 Å². The third kappa shape index (κ3) is 3.57. The standard InChI is InChI=1S/C17H20N2O6S/c1-10-6-16(25-18-10)17(21)24-8-15(20)14-7-11(2)19(12(14)3)13-4-5-26(22,23)9-13/h6-7,13H,4-5,8-9H2,1-3H3. The van der Waals surface area contributed by atoms with E-state index >= 15 is 0 Å². The molecule has 1 atom stereocenters. The van der Waals surface area contributed by atoms with E-state index in [4.69, 9.17) is 9.26 Å². The van der Waals surface area contributed by atoms with Crippen LogP contribution < -0.4 is 0 Å². The van der Waals surface area contributed by atoms with Crippen molar-refractivity contribution in [2.45, 2.75) is 33.2 Å². The molecule has 1 aliphatic heterocycles. The van der Waals surface area contributed by atoms with Crippen molar-refractivity contribution in [2.75, 3.05) is 18.1 Å². The number of rotatable bonds is 5. The van der Waals surface area contributed by atoms with Gasteiger partial charge in [-0.25, -0.2) is 13.2 Å². The molecule has 2 aromatic heterocycles. The predicted octanol–water partition coefficient (Wildman–Crippen LogP) is 1.80. The van der Waals surface area contributed by atoms with Crippen LogP contribution in [0.4, 0.5) is 0 Å². The number of nitrogens with zero attached hydrogens (tertiary/aromatic N) is 2. The Morgan fingerprint density at radius 2 is 2.04 bits per heavy atom. The molecule has 3 rings (SSSR count). The molecule has 0 radical (unpaired) electrons. The smallest absolute Gasteiger partial charge is 0.377 e. The van der Waals surface area contributed by atoms with Gasteiger partial charge in [-0.3, -0.25) is 4.79 Å². The summed E-state index contributed by atoms with van der Waals surface area (Å²) in [6.07, 6.45) is 0.534. The van der Waals surface area contributed by atoms with Crippen LogP contribution in [0.25, 0.3) is 0 Å². The number of esters is 1. The summed E-state index contributed by atoms with van der Waals surface area (Å²) in [5.41, 5.74) is 2.46. The topological polar surface area (TPSA) is 108 Å². The van der Waals surface area contributed by atoms with Crippen LogP contribution in [0.15, 0.2) is 16.7 Å². The van der Waals surface area contributed by atoms with Crippen molar-refractivity contribution < 1.29 is 27.3 Å². The number of hydrogen-bond acceptors (Lipinski definition) is 7. The second kappa shape index (κ2) is 6.71. The summed E-state index contributed by atoms with van der Waals surface area (Å²) in [6, 6.07) is 2.97. The molecule has 1 saturated heterocycles. The lowest BCUT2D eigenvalue weighted by molar-refractivity contribution is 0.0435. The molecule has 9 heteroatoms. The molecule has 0 bridgehead atoms. The molecule has 1 fully saturated rings. The van der Waals surface area contributed by atoms with Gasteiger partial charge < -0.3 is 13.8 Å². The van der Waals surface area contributed by atoms with Gasteiger partial charge in [-0.1, -0.05) is 5.16 Å². The minimum absolute atomic E-state index is 0.0584. The quantitative estimate of drug-likeness (QED) is 0.575. The fourth-order valence-electron chi connectivity index (χ4n) is 3.34. The fourth-order valence-corrected chi connectivity index (χ4v) is 5.04. The van der Waals surface area contributed by atoms with E-state index < -0.39 is 22.4 Å². The molecule has 0 aliphatic carbocycles. The molecule has 0 N–H and O–H groups in total. The van der Waals surface area contributed by atoms with Crippen molar-refractivity contribution in [1.82, 2.24) is 9.72 Å². The number of carbonyl (C=O) groups excluding carboxylic acids is 2. The Balaban J connectivity index is 1.72. The summed E-state index contributed by atoms with van der Waals surface area (Å²) < 4.78 is 35.2. The van der Waals surface area contributed by atoms with Gasteiger partial charge >= 0.3 is 5.97 Å². The van der Waals surface area contributed by atoms with E-state index in [0.29, 0.717) is 23.4 Å². The van der Waals surface area contributed by atoms with Crippen LogP contribution in [0.5, 0.6) is 0 Å². The molecule has 3 heterocycles. The van der Waals surface area contributed by atoms with Crippen LogP contribution in [0.1, 0.15) is 50.5 Å². The maximum Gasteiger partial charge on any atom is 0.377 e. The summed E-state index contributed by atoms with van der Waals surface area (Å²) in [5, 5.41) is 3.59. The number of carbonyl (C=O) groups is 2. The van der Waals surface area contributed by atoms with Crippen molar-refractivity contribution in [1.29, 1.82) is 0 Å². The predicted molar refractivity (Wildman–Crippen MR) is 92.1 cm³/mol. The number of ketones is 1. The van der Waals surface area contributed by atoms with Crippen molar-refractivity contribution in [3.8, 4) is 0 Å². The Kier molecular flexibility index (Phi) is 4.74. The summed E-state index contributed by atoms with van der Waals surface area (Å²) in [6.45, 7) is 4.85. The van der Waals surface area contributed by atoms with Gasteiger partial charge in [0.1, 0.15) is 0 Å². The zero-order chi connectivity index (χ0) is 19.1. The Hall–Kier alpha value is -2.42. The molecule has 0 saturated carbocycles. The first-order valence-electron chi connectivity index (χ1n) is 8.20. The maximum absolute atomic E-state index is 12.5. The molecule has 1 unspecified atom stereocenters. The summed E-state index contributed by atoms with van der Waals surface area (Å²) in [4.78, 5) is 24.3. The highest BCUT2D eigenvalue weighted by atomic mass is 32.2. The lowest BCUT2D eigenvalue weighted by Gasteiger charge is -2.16. The largest absolute Gasteiger partial charge is 0.451 e. The monoisotopic (exact) mass is 380 g/mol. The number of hydrogen-bond donors (Lipinski definition) is 0. The molecule has 0 aromatic carbocycles. The molecule has 26 heavy (non-hydrogen) atoms. The average molecular weight is 380 g/mol. The second-order valence-corrected chi connectivity index (χ2v) is 8.77. The summed E-state index contributed by atoms with van der Waals surface area (Å²) >= 11 is 0. The van der Waals surface area contributed by atoms with E-state index in [1.807, 2.05) is 11.5 Å². The number of ether oxygens (including phenoxy) is 1. The van der Waals surface area contributed by atoms with Crippen LogP contribution >= 0.6 is 0 Å². The third-order valence-electron chi connectivity index (χ3n) is 4.52. The van der Waals surface area contributed by atoms with E-state index in [-0.39, 0.29) is 29.1 Å². The first-order valence-corrected chi connectivity index (χ1v) is 10.0. The Morgan fingerprint density at radius 1 is 1.31 bits per heavy atom. The minimum atomic E-state index is -3.03. The highest BCUT2D eigenvalue weighted by Gasteiger charge is 2.31. The zero-order valence-corrected chi connectivity index (χ0v) is 15.6. The van der Waals surface area contributed by atoms with Crippen LogP contribution in [-0.4, -0.2) is 48.0 Å². The highest BCUT2D eigenvalue weighted by molar-refractivity contribution is 7.91. The fraction of sp³-hybridized carbons (Fsp3) is 0.471. The number of aromatic nitrogens is 2. The van der Waals surface area contributed by atoms with Gasteiger partial charge in [0.15, 0.2) is 16.4 Å². The van der Waals surface area contributed by atoms with Gasteiger partial charge in [0, 0.05) is 29.1 Å². The minimum Gasteiger partial charge on any atom is -0.451 e. The number of sulfone groups is 1. The summed E-state index contributed by atoms with van der Waals surface area (Å²) in [7, 11) is -3.03. The highest BCUT2D eigenvalue weighted by Crippen LogP contribution is 2.29. The Morgan fingerprint density at radius 3 is 2.62 bits per heavy atom. The van der Waals surface area contributed by atoms with E-state index in [0.717, 1.165) is 5.69 Å². The van der Waals surface area contributed by atoms with Gasteiger partial charge in [-0.15, -0.1) is 0 Å². The lowest BCUT2D eigenvalue weighted by atomic mass is 10.1. The molecular weight excluding hydrogens is 360 g/mol. The first-order chi connectivity index (χ1) is 12.2. The van der Waals surface area contributed by atoms with Crippen LogP contribution in [0.3, 0.4) is 0 Å². The summed E-state index contributed by atoms with van der Waals surface area (Å²) in [5.74, 6) is -0.926. The second-order valence-electron chi connectivity index (χ2n) is 6.54. The lowest BCUT2D eigenvalue weighted by Crippen LogP contribution is -2.16. The molecule has 2 aromatic rings. The number of aryl methyl sites for hydroxylation is 2. The van der Waals surface area contributed by atoms with Crippen molar-refractivity contribution in [3.63, 3.8) is 0 Å². The molecular formula is C17H20N2O6S. The molecule has 0 amide bonds. The van der Waals surface area contributed by atoms with Gasteiger partial charge in [0.2, 0.25) is 11.5 Å². The zero-order valence-electron chi connectivity index (χ0n) is 14.8. The number of Topliss-reactive ketones (excluding diaryl/α,β-unsaturated/α-hetero) is 1. The van der Waals surface area contributed by atoms with Crippen molar-refractivity contribution in [3.05, 3.63) is 40.5 Å². The average Bonchev–Trinajstić information content (AvgIpc) is 3.22. The molecule has 1 aliphatic rings.